The van der Waals surface area contributed by atoms with Crippen LogP contribution < -0.4 is 10.6 Å². The fraction of sp³-hybridized carbons (Fsp3) is 0.250. The van der Waals surface area contributed by atoms with Crippen LogP contribution in [-0.4, -0.2) is 34.9 Å². The lowest BCUT2D eigenvalue weighted by atomic mass is 9.80. The highest BCUT2D eigenvalue weighted by Crippen LogP contribution is 2.37. The molecule has 3 heterocycles. The number of carbonyl (C=O) groups is 2. The maximum atomic E-state index is 13.4. The molecule has 2 aromatic heterocycles. The molecule has 5 rings (SSSR count). The summed E-state index contributed by atoms with van der Waals surface area (Å²) >= 11 is 0. The molecule has 0 saturated carbocycles. The van der Waals surface area contributed by atoms with Crippen LogP contribution >= 0.6 is 0 Å². The van der Waals surface area contributed by atoms with Crippen molar-refractivity contribution in [1.82, 2.24) is 15.3 Å². The van der Waals surface area contributed by atoms with Gasteiger partial charge in [-0.25, -0.2) is 4.39 Å². The number of amides is 1. The number of H-pyrrole nitrogens is 1. The van der Waals surface area contributed by atoms with E-state index in [-0.39, 0.29) is 37.0 Å². The number of hydrogen-bond donors (Lipinski definition) is 3. The number of rotatable bonds is 8. The van der Waals surface area contributed by atoms with Crippen molar-refractivity contribution < 1.29 is 31.9 Å². The predicted molar refractivity (Wildman–Crippen MR) is 136 cm³/mol. The summed E-state index contributed by atoms with van der Waals surface area (Å²) in [4.78, 5) is 33.6. The first kappa shape index (κ1) is 26.4. The number of benzene rings is 2. The van der Waals surface area contributed by atoms with Crippen LogP contribution in [0.5, 0.6) is 0 Å². The topological polar surface area (TPSA) is 96.1 Å². The number of nitrogens with one attached hydrogen (secondary N) is 3. The van der Waals surface area contributed by atoms with Crippen LogP contribution in [0, 0.1) is 11.2 Å². The number of anilines is 2. The van der Waals surface area contributed by atoms with E-state index in [4.69, 9.17) is 4.74 Å². The molecule has 0 aliphatic carbocycles. The van der Waals surface area contributed by atoms with Crippen LogP contribution in [0.3, 0.4) is 0 Å². The van der Waals surface area contributed by atoms with E-state index in [9.17, 15) is 27.2 Å². The Kier molecular flexibility index (Phi) is 7.09. The number of carbonyl (C=O) groups excluding carboxylic acids is 2. The molecule has 7 nitrogen and oxygen atoms in total. The third-order valence-electron chi connectivity index (χ3n) is 6.78. The average molecular weight is 541 g/mol. The minimum absolute atomic E-state index is 0.0329. The van der Waals surface area contributed by atoms with Crippen LogP contribution in [0.1, 0.15) is 34.3 Å². The van der Waals surface area contributed by atoms with Crippen LogP contribution in [-0.2, 0) is 22.3 Å². The molecule has 3 N–H and O–H groups in total. The van der Waals surface area contributed by atoms with Crippen molar-refractivity contribution in [2.75, 3.05) is 18.5 Å². The minimum Gasteiger partial charge on any atom is -0.380 e. The number of aromatic nitrogens is 2. The van der Waals surface area contributed by atoms with Gasteiger partial charge in [0.2, 0.25) is 5.91 Å². The fourth-order valence-corrected chi connectivity index (χ4v) is 4.59. The van der Waals surface area contributed by atoms with E-state index in [1.165, 1.54) is 6.20 Å². The molecule has 2 aromatic carbocycles. The van der Waals surface area contributed by atoms with Gasteiger partial charge in [0, 0.05) is 43.2 Å². The number of nitrogens with zero attached hydrogens (tertiary/aromatic N) is 1. The number of pyridine rings is 1. The molecule has 0 unspecified atom stereocenters. The van der Waals surface area contributed by atoms with E-state index in [1.54, 1.807) is 42.6 Å². The standard InChI is InChI=1S/C28H24F4N4O3/c29-19-3-6-22(21(12-19)28(30,31)32)36-20-4-1-17(2-5-20)14-35-26(38)27(8-10-39-16-27)13-25(37)18-11-24-23(34-15-18)7-9-33-24/h1-7,9,11-12,15,33,36H,8,10,13-14,16H2,(H,35,38)/t27-/m0/s1. The first-order valence-electron chi connectivity index (χ1n) is 12.2. The zero-order valence-corrected chi connectivity index (χ0v) is 20.6. The SMILES string of the molecule is O=C(C[C@@]1(C(=O)NCc2ccc(Nc3ccc(F)cc3C(F)(F)F)cc2)CCOC1)c1cnc2cc[nH]c2c1. The quantitative estimate of drug-likeness (QED) is 0.195. The zero-order chi connectivity index (χ0) is 27.6. The third kappa shape index (κ3) is 5.78. The highest BCUT2D eigenvalue weighted by Gasteiger charge is 2.44. The van der Waals surface area contributed by atoms with Crippen LogP contribution in [0.2, 0.25) is 0 Å². The number of halogens is 4. The lowest BCUT2D eigenvalue weighted by Gasteiger charge is -2.25. The third-order valence-corrected chi connectivity index (χ3v) is 6.78. The second-order valence-electron chi connectivity index (χ2n) is 9.51. The molecule has 1 fully saturated rings. The van der Waals surface area contributed by atoms with Crippen LogP contribution in [0.25, 0.3) is 11.0 Å². The van der Waals surface area contributed by atoms with Gasteiger partial charge in [-0.3, -0.25) is 14.6 Å². The molecule has 0 radical (unpaired) electrons. The highest BCUT2D eigenvalue weighted by atomic mass is 19.4. The van der Waals surface area contributed by atoms with Crippen molar-refractivity contribution in [3.63, 3.8) is 0 Å². The molecule has 0 bridgehead atoms. The first-order valence-corrected chi connectivity index (χ1v) is 12.2. The number of aromatic amines is 1. The van der Waals surface area contributed by atoms with E-state index in [0.717, 1.165) is 23.2 Å². The largest absolute Gasteiger partial charge is 0.418 e. The monoisotopic (exact) mass is 540 g/mol. The lowest BCUT2D eigenvalue weighted by molar-refractivity contribution is -0.137. The van der Waals surface area contributed by atoms with Crippen molar-refractivity contribution in [3.05, 3.63) is 89.5 Å². The zero-order valence-electron chi connectivity index (χ0n) is 20.6. The van der Waals surface area contributed by atoms with Gasteiger partial charge in [-0.05, 0) is 54.4 Å². The smallest absolute Gasteiger partial charge is 0.380 e. The van der Waals surface area contributed by atoms with Crippen molar-refractivity contribution >= 4 is 34.1 Å². The second-order valence-corrected chi connectivity index (χ2v) is 9.51. The van der Waals surface area contributed by atoms with Crippen molar-refractivity contribution in [1.29, 1.82) is 0 Å². The Morgan fingerprint density at radius 2 is 1.87 bits per heavy atom. The number of fused-ring (bicyclic) bond motifs is 1. The van der Waals surface area contributed by atoms with Crippen molar-refractivity contribution in [3.8, 4) is 0 Å². The summed E-state index contributed by atoms with van der Waals surface area (Å²) in [5.41, 5.74) is 0.537. The molecule has 1 aliphatic heterocycles. The average Bonchev–Trinajstić information content (AvgIpc) is 3.58. The number of ketones is 1. The summed E-state index contributed by atoms with van der Waals surface area (Å²) in [5, 5.41) is 5.52. The van der Waals surface area contributed by atoms with Crippen LogP contribution in [0.15, 0.2) is 67.0 Å². The van der Waals surface area contributed by atoms with Gasteiger partial charge in [0.15, 0.2) is 5.78 Å². The van der Waals surface area contributed by atoms with E-state index >= 15 is 0 Å². The molecule has 0 spiro atoms. The van der Waals surface area contributed by atoms with Gasteiger partial charge in [0.05, 0.1) is 34.3 Å². The maximum absolute atomic E-state index is 13.4. The number of Topliss-reactive ketones (excluding diaryl/α,β-unsaturated/α-hetero) is 1. The second kappa shape index (κ2) is 10.5. The Bertz CT molecular complexity index is 1510. The molecule has 1 aliphatic rings. The van der Waals surface area contributed by atoms with E-state index in [1.807, 2.05) is 0 Å². The van der Waals surface area contributed by atoms with Gasteiger partial charge < -0.3 is 20.4 Å². The van der Waals surface area contributed by atoms with Gasteiger partial charge >= 0.3 is 6.18 Å². The Labute approximate surface area is 220 Å². The fourth-order valence-electron chi connectivity index (χ4n) is 4.59. The molecule has 39 heavy (non-hydrogen) atoms. The first-order chi connectivity index (χ1) is 18.6. The Balaban J connectivity index is 1.23. The summed E-state index contributed by atoms with van der Waals surface area (Å²) < 4.78 is 58.7. The summed E-state index contributed by atoms with van der Waals surface area (Å²) in [5.74, 6) is -1.51. The highest BCUT2D eigenvalue weighted by molar-refractivity contribution is 6.01. The van der Waals surface area contributed by atoms with Crippen molar-refractivity contribution in [2.24, 2.45) is 5.41 Å². The maximum Gasteiger partial charge on any atom is 0.418 e. The molecule has 11 heteroatoms. The number of hydrogen-bond acceptors (Lipinski definition) is 5. The van der Waals surface area contributed by atoms with E-state index < -0.39 is 23.0 Å². The van der Waals surface area contributed by atoms with Gasteiger partial charge in [0.25, 0.3) is 0 Å². The van der Waals surface area contributed by atoms with Gasteiger partial charge in [-0.2, -0.15) is 13.2 Å². The Morgan fingerprint density at radius 1 is 1.08 bits per heavy atom. The molecular weight excluding hydrogens is 516 g/mol. The molecule has 1 amide bonds. The molecule has 1 atom stereocenters. The lowest BCUT2D eigenvalue weighted by Crippen LogP contribution is -2.42. The predicted octanol–water partition coefficient (Wildman–Crippen LogP) is 5.76. The van der Waals surface area contributed by atoms with Gasteiger partial charge in [-0.1, -0.05) is 12.1 Å². The minimum atomic E-state index is -4.72. The summed E-state index contributed by atoms with van der Waals surface area (Å²) in [7, 11) is 0. The Hall–Kier alpha value is -4.25. The summed E-state index contributed by atoms with van der Waals surface area (Å²) in [6, 6.07) is 12.4. The van der Waals surface area contributed by atoms with Gasteiger partial charge in [0.1, 0.15) is 5.82 Å². The number of alkyl halides is 3. The van der Waals surface area contributed by atoms with E-state index in [2.05, 4.69) is 20.6 Å². The molecule has 1 saturated heterocycles. The Morgan fingerprint density at radius 3 is 2.59 bits per heavy atom. The van der Waals surface area contributed by atoms with Crippen molar-refractivity contribution in [2.45, 2.75) is 25.6 Å². The summed E-state index contributed by atoms with van der Waals surface area (Å²) in [6.07, 6.45) is -1.13. The molecular formula is C28H24F4N4O3. The van der Waals surface area contributed by atoms with Crippen LogP contribution in [0.4, 0.5) is 28.9 Å². The molecule has 202 valence electrons. The number of ether oxygens (including phenoxy) is 1. The van der Waals surface area contributed by atoms with Gasteiger partial charge in [-0.15, -0.1) is 0 Å². The normalized spacial score (nSPS) is 17.3. The molecule has 4 aromatic rings. The summed E-state index contributed by atoms with van der Waals surface area (Å²) in [6.45, 7) is 0.623. The van der Waals surface area contributed by atoms with E-state index in [0.29, 0.717) is 35.9 Å².